The monoisotopic (exact) mass is 296 g/mol. The van der Waals surface area contributed by atoms with E-state index in [1.54, 1.807) is 0 Å². The van der Waals surface area contributed by atoms with Gasteiger partial charge >= 0.3 is 6.36 Å². The summed E-state index contributed by atoms with van der Waals surface area (Å²) in [6, 6.07) is 6.87. The van der Waals surface area contributed by atoms with Gasteiger partial charge in [-0.1, -0.05) is 0 Å². The summed E-state index contributed by atoms with van der Waals surface area (Å²) in [6.45, 7) is 0. The molecule has 2 N–H and O–H groups in total. The maximum Gasteiger partial charge on any atom is 0.573 e. The summed E-state index contributed by atoms with van der Waals surface area (Å²) in [5.41, 5.74) is 0.570. The maximum atomic E-state index is 12.0. The van der Waals surface area contributed by atoms with Gasteiger partial charge in [0.1, 0.15) is 17.4 Å². The molecule has 1 heterocycles. The molecule has 2 rings (SSSR count). The SMILES string of the molecule is N#CC(=CNc1ccc(OC(F)(F)F)cc1)c1nn[nH]n1. The minimum absolute atomic E-state index is 0.0991. The Bertz CT molecular complexity index is 657. The Morgan fingerprint density at radius 3 is 2.57 bits per heavy atom. The number of rotatable bonds is 4. The molecular weight excluding hydrogens is 289 g/mol. The Morgan fingerprint density at radius 1 is 1.33 bits per heavy atom. The fourth-order valence-corrected chi connectivity index (χ4v) is 1.33. The number of halogens is 3. The van der Waals surface area contributed by atoms with Gasteiger partial charge in [-0.25, -0.2) is 0 Å². The Balaban J connectivity index is 2.05. The van der Waals surface area contributed by atoms with Gasteiger partial charge in [0.05, 0.1) is 0 Å². The Morgan fingerprint density at radius 2 is 2.05 bits per heavy atom. The largest absolute Gasteiger partial charge is 0.573 e. The molecule has 108 valence electrons. The standard InChI is InChI=1S/C11H7F3N6O/c12-11(13,14)21-9-3-1-8(2-4-9)16-6-7(5-15)10-17-19-20-18-10/h1-4,6,16H,(H,17,18,19,20). The van der Waals surface area contributed by atoms with E-state index in [4.69, 9.17) is 5.26 Å². The fourth-order valence-electron chi connectivity index (χ4n) is 1.33. The average molecular weight is 296 g/mol. The molecule has 0 atom stereocenters. The number of anilines is 1. The average Bonchev–Trinajstić information content (AvgIpc) is 2.94. The second-order valence-electron chi connectivity index (χ2n) is 3.62. The highest BCUT2D eigenvalue weighted by atomic mass is 19.4. The minimum Gasteiger partial charge on any atom is -0.406 e. The van der Waals surface area contributed by atoms with Crippen molar-refractivity contribution in [2.75, 3.05) is 5.32 Å². The van der Waals surface area contributed by atoms with Gasteiger partial charge in [-0.2, -0.15) is 10.5 Å². The quantitative estimate of drug-likeness (QED) is 0.838. The van der Waals surface area contributed by atoms with E-state index in [-0.39, 0.29) is 17.1 Å². The molecular formula is C11H7F3N6O. The zero-order chi connectivity index (χ0) is 15.3. The first kappa shape index (κ1) is 14.3. The maximum absolute atomic E-state index is 12.0. The molecule has 0 fully saturated rings. The third kappa shape index (κ3) is 4.20. The third-order valence-corrected chi connectivity index (χ3v) is 2.18. The molecule has 0 unspecified atom stereocenters. The van der Waals surface area contributed by atoms with E-state index in [2.05, 4.69) is 30.7 Å². The Hall–Kier alpha value is -3.09. The second-order valence-corrected chi connectivity index (χ2v) is 3.62. The molecule has 0 spiro atoms. The molecule has 1 aromatic heterocycles. The number of benzene rings is 1. The van der Waals surface area contributed by atoms with Crippen molar-refractivity contribution in [3.63, 3.8) is 0 Å². The van der Waals surface area contributed by atoms with Gasteiger partial charge in [0, 0.05) is 11.9 Å². The second kappa shape index (κ2) is 5.91. The molecule has 0 amide bonds. The van der Waals surface area contributed by atoms with Gasteiger partial charge in [-0.15, -0.1) is 23.4 Å². The van der Waals surface area contributed by atoms with Crippen molar-refractivity contribution in [2.45, 2.75) is 6.36 Å². The van der Waals surface area contributed by atoms with E-state index in [0.717, 1.165) is 12.1 Å². The van der Waals surface area contributed by atoms with E-state index < -0.39 is 6.36 Å². The molecule has 2 aromatic rings. The van der Waals surface area contributed by atoms with Crippen LogP contribution < -0.4 is 10.1 Å². The molecule has 0 saturated carbocycles. The van der Waals surface area contributed by atoms with Crippen LogP contribution in [0.2, 0.25) is 0 Å². The highest BCUT2D eigenvalue weighted by Crippen LogP contribution is 2.24. The van der Waals surface area contributed by atoms with E-state index in [0.29, 0.717) is 5.69 Å². The highest BCUT2D eigenvalue weighted by molar-refractivity contribution is 5.74. The van der Waals surface area contributed by atoms with E-state index in [1.807, 2.05) is 6.07 Å². The number of allylic oxidation sites excluding steroid dienone is 1. The smallest absolute Gasteiger partial charge is 0.406 e. The first-order valence-corrected chi connectivity index (χ1v) is 5.44. The molecule has 0 aliphatic rings. The summed E-state index contributed by atoms with van der Waals surface area (Å²) in [4.78, 5) is 0. The van der Waals surface area contributed by atoms with E-state index in [9.17, 15) is 13.2 Å². The van der Waals surface area contributed by atoms with Crippen molar-refractivity contribution in [3.8, 4) is 11.8 Å². The van der Waals surface area contributed by atoms with Crippen LogP contribution in [0.5, 0.6) is 5.75 Å². The number of ether oxygens (including phenoxy) is 1. The molecule has 0 radical (unpaired) electrons. The van der Waals surface area contributed by atoms with Gasteiger partial charge in [0.15, 0.2) is 0 Å². The van der Waals surface area contributed by atoms with Crippen molar-refractivity contribution in [3.05, 3.63) is 36.3 Å². The molecule has 10 heteroatoms. The van der Waals surface area contributed by atoms with Gasteiger partial charge in [0.2, 0.25) is 5.82 Å². The lowest BCUT2D eigenvalue weighted by Gasteiger charge is -2.09. The normalized spacial score (nSPS) is 11.8. The van der Waals surface area contributed by atoms with Crippen LogP contribution >= 0.6 is 0 Å². The molecule has 0 aliphatic heterocycles. The van der Waals surface area contributed by atoms with Crippen LogP contribution in [0.15, 0.2) is 30.5 Å². The van der Waals surface area contributed by atoms with Crippen molar-refractivity contribution in [1.82, 2.24) is 20.6 Å². The van der Waals surface area contributed by atoms with Crippen LogP contribution in [0.4, 0.5) is 18.9 Å². The Labute approximate surface area is 116 Å². The first-order chi connectivity index (χ1) is 9.98. The van der Waals surface area contributed by atoms with Crippen LogP contribution in [0, 0.1) is 11.3 Å². The zero-order valence-corrected chi connectivity index (χ0v) is 10.2. The molecule has 1 aromatic carbocycles. The highest BCUT2D eigenvalue weighted by Gasteiger charge is 2.30. The summed E-state index contributed by atoms with van der Waals surface area (Å²) in [5, 5.41) is 24.4. The van der Waals surface area contributed by atoms with Crippen molar-refractivity contribution in [2.24, 2.45) is 0 Å². The number of alkyl halides is 3. The first-order valence-electron chi connectivity index (χ1n) is 5.44. The number of hydrogen-bond donors (Lipinski definition) is 2. The topological polar surface area (TPSA) is 99.5 Å². The number of nitrogens with zero attached hydrogens (tertiary/aromatic N) is 4. The van der Waals surface area contributed by atoms with Crippen molar-refractivity contribution in [1.29, 1.82) is 5.26 Å². The van der Waals surface area contributed by atoms with Gasteiger partial charge in [0.25, 0.3) is 0 Å². The number of H-pyrrole nitrogens is 1. The Kier molecular flexibility index (Phi) is 4.03. The summed E-state index contributed by atoms with van der Waals surface area (Å²) in [6.07, 6.45) is -3.42. The van der Waals surface area contributed by atoms with Gasteiger partial charge < -0.3 is 10.1 Å². The fraction of sp³-hybridized carbons (Fsp3) is 0.0909. The number of nitriles is 1. The predicted molar refractivity (Wildman–Crippen MR) is 64.5 cm³/mol. The van der Waals surface area contributed by atoms with Crippen LogP contribution in [0.3, 0.4) is 0 Å². The van der Waals surface area contributed by atoms with Gasteiger partial charge in [-0.05, 0) is 29.5 Å². The summed E-state index contributed by atoms with van der Waals surface area (Å²) >= 11 is 0. The molecule has 0 bridgehead atoms. The number of tetrazole rings is 1. The molecule has 21 heavy (non-hydrogen) atoms. The van der Waals surface area contributed by atoms with E-state index >= 15 is 0 Å². The van der Waals surface area contributed by atoms with Crippen LogP contribution in [0.25, 0.3) is 5.57 Å². The summed E-state index contributed by atoms with van der Waals surface area (Å²) in [5.74, 6) is -0.238. The molecule has 0 saturated heterocycles. The third-order valence-electron chi connectivity index (χ3n) is 2.18. The zero-order valence-electron chi connectivity index (χ0n) is 10.2. The van der Waals surface area contributed by atoms with Crippen LogP contribution in [-0.4, -0.2) is 27.0 Å². The summed E-state index contributed by atoms with van der Waals surface area (Å²) in [7, 11) is 0. The van der Waals surface area contributed by atoms with Crippen LogP contribution in [0.1, 0.15) is 5.82 Å². The van der Waals surface area contributed by atoms with Gasteiger partial charge in [-0.3, -0.25) is 0 Å². The lowest BCUT2D eigenvalue weighted by Crippen LogP contribution is -2.16. The van der Waals surface area contributed by atoms with Crippen molar-refractivity contribution >= 4 is 11.3 Å². The lowest BCUT2D eigenvalue weighted by molar-refractivity contribution is -0.274. The molecule has 7 nitrogen and oxygen atoms in total. The molecule has 0 aliphatic carbocycles. The van der Waals surface area contributed by atoms with Crippen molar-refractivity contribution < 1.29 is 17.9 Å². The number of aromatic nitrogens is 4. The lowest BCUT2D eigenvalue weighted by atomic mass is 10.3. The van der Waals surface area contributed by atoms with E-state index in [1.165, 1.54) is 18.3 Å². The number of hydrogen-bond acceptors (Lipinski definition) is 6. The summed E-state index contributed by atoms with van der Waals surface area (Å²) < 4.78 is 39.7. The number of aromatic amines is 1. The van der Waals surface area contributed by atoms with Crippen LogP contribution in [-0.2, 0) is 0 Å². The minimum atomic E-state index is -4.73. The number of nitrogens with one attached hydrogen (secondary N) is 2. The predicted octanol–water partition coefficient (Wildman–Crippen LogP) is 2.07.